The number of aliphatic hydroxyl groups is 1. The number of aromatic nitrogens is 2. The molecule has 0 spiro atoms. The number of carbonyl (C=O) groups is 1. The van der Waals surface area contributed by atoms with Crippen molar-refractivity contribution in [2.24, 2.45) is 0 Å². The van der Waals surface area contributed by atoms with Crippen molar-refractivity contribution in [2.45, 2.75) is 13.2 Å². The maximum absolute atomic E-state index is 12.2. The van der Waals surface area contributed by atoms with Gasteiger partial charge in [0.05, 0.1) is 12.1 Å². The molecule has 0 unspecified atom stereocenters. The third kappa shape index (κ3) is 2.78. The first-order chi connectivity index (χ1) is 10.3. The summed E-state index contributed by atoms with van der Waals surface area (Å²) in [5, 5.41) is 19.7. The van der Waals surface area contributed by atoms with E-state index in [-0.39, 0.29) is 12.5 Å². The number of H-pyrrole nitrogens is 1. The molecule has 0 aliphatic rings. The highest BCUT2D eigenvalue weighted by atomic mass is 16.3. The van der Waals surface area contributed by atoms with Crippen molar-refractivity contribution < 1.29 is 9.90 Å². The molecule has 2 aromatic carbocycles. The molecule has 1 heterocycles. The van der Waals surface area contributed by atoms with E-state index < -0.39 is 0 Å². The van der Waals surface area contributed by atoms with Crippen LogP contribution in [0.5, 0.6) is 0 Å². The van der Waals surface area contributed by atoms with Crippen molar-refractivity contribution in [3.63, 3.8) is 0 Å². The lowest BCUT2D eigenvalue weighted by atomic mass is 10.1. The highest BCUT2D eigenvalue weighted by Gasteiger charge is 2.13. The van der Waals surface area contributed by atoms with Crippen LogP contribution in [0.1, 0.15) is 21.6 Å². The molecule has 3 N–H and O–H groups in total. The van der Waals surface area contributed by atoms with Gasteiger partial charge in [0.2, 0.25) is 0 Å². The van der Waals surface area contributed by atoms with Gasteiger partial charge in [-0.15, -0.1) is 0 Å². The molecule has 1 aromatic heterocycles. The fourth-order valence-electron chi connectivity index (χ4n) is 2.24. The lowest BCUT2D eigenvalue weighted by Gasteiger charge is -2.05. The number of para-hydroxylation sites is 1. The second-order valence-electron chi connectivity index (χ2n) is 4.78. The Kier molecular flexibility index (Phi) is 3.66. The number of fused-ring (bicyclic) bond motifs is 1. The molecule has 0 aliphatic carbocycles. The third-order valence-electron chi connectivity index (χ3n) is 3.31. The van der Waals surface area contributed by atoms with E-state index in [0.717, 1.165) is 22.0 Å². The van der Waals surface area contributed by atoms with Crippen molar-refractivity contribution in [1.82, 2.24) is 15.5 Å². The molecule has 3 aromatic rings. The van der Waals surface area contributed by atoms with Crippen LogP contribution in [0.2, 0.25) is 0 Å². The molecule has 5 nitrogen and oxygen atoms in total. The summed E-state index contributed by atoms with van der Waals surface area (Å²) < 4.78 is 0. The van der Waals surface area contributed by atoms with Crippen LogP contribution < -0.4 is 5.32 Å². The zero-order valence-electron chi connectivity index (χ0n) is 11.3. The normalized spacial score (nSPS) is 10.7. The number of carbonyl (C=O) groups excluding carboxylic acids is 1. The molecule has 21 heavy (non-hydrogen) atoms. The highest BCUT2D eigenvalue weighted by molar-refractivity contribution is 6.04. The van der Waals surface area contributed by atoms with Gasteiger partial charge in [0, 0.05) is 11.9 Å². The van der Waals surface area contributed by atoms with Gasteiger partial charge in [0.1, 0.15) is 0 Å². The van der Waals surface area contributed by atoms with Crippen LogP contribution >= 0.6 is 0 Å². The molecular weight excluding hydrogens is 266 g/mol. The lowest BCUT2D eigenvalue weighted by Crippen LogP contribution is -2.23. The van der Waals surface area contributed by atoms with Gasteiger partial charge in [-0.1, -0.05) is 42.5 Å². The Morgan fingerprint density at radius 1 is 1.14 bits per heavy atom. The molecular formula is C16H15N3O2. The summed E-state index contributed by atoms with van der Waals surface area (Å²) in [5.41, 5.74) is 3.00. The summed E-state index contributed by atoms with van der Waals surface area (Å²) >= 11 is 0. The Balaban J connectivity index is 1.74. The van der Waals surface area contributed by atoms with Crippen LogP contribution in [-0.4, -0.2) is 21.2 Å². The monoisotopic (exact) mass is 281 g/mol. The van der Waals surface area contributed by atoms with Crippen molar-refractivity contribution >= 4 is 16.8 Å². The summed E-state index contributed by atoms with van der Waals surface area (Å²) in [6.07, 6.45) is 0. The molecule has 5 heteroatoms. The van der Waals surface area contributed by atoms with Crippen LogP contribution in [-0.2, 0) is 13.2 Å². The molecule has 0 saturated carbocycles. The number of rotatable bonds is 4. The number of hydrogen-bond acceptors (Lipinski definition) is 3. The van der Waals surface area contributed by atoms with Gasteiger partial charge in [-0.3, -0.25) is 9.89 Å². The maximum Gasteiger partial charge on any atom is 0.272 e. The summed E-state index contributed by atoms with van der Waals surface area (Å²) in [4.78, 5) is 12.2. The van der Waals surface area contributed by atoms with Crippen LogP contribution in [0.3, 0.4) is 0 Å². The number of nitrogens with one attached hydrogen (secondary N) is 2. The molecule has 0 atom stereocenters. The number of amides is 1. The minimum absolute atomic E-state index is 0.00814. The van der Waals surface area contributed by atoms with Gasteiger partial charge < -0.3 is 10.4 Å². The molecule has 0 bridgehead atoms. The predicted octanol–water partition coefficient (Wildman–Crippen LogP) is 1.99. The zero-order chi connectivity index (χ0) is 14.7. The molecule has 1 amide bonds. The van der Waals surface area contributed by atoms with Crippen molar-refractivity contribution in [1.29, 1.82) is 0 Å². The van der Waals surface area contributed by atoms with Crippen LogP contribution in [0, 0.1) is 0 Å². The number of aliphatic hydroxyl groups excluding tert-OH is 1. The average molecular weight is 281 g/mol. The third-order valence-corrected chi connectivity index (χ3v) is 3.31. The Bertz CT molecular complexity index is 780. The summed E-state index contributed by atoms with van der Waals surface area (Å²) in [5.74, 6) is -0.221. The van der Waals surface area contributed by atoms with Gasteiger partial charge in [-0.25, -0.2) is 0 Å². The minimum atomic E-state index is -0.221. The van der Waals surface area contributed by atoms with E-state index >= 15 is 0 Å². The van der Waals surface area contributed by atoms with Crippen molar-refractivity contribution in [3.05, 3.63) is 65.4 Å². The minimum Gasteiger partial charge on any atom is -0.392 e. The van der Waals surface area contributed by atoms with E-state index in [1.54, 1.807) is 0 Å². The van der Waals surface area contributed by atoms with E-state index in [0.29, 0.717) is 12.2 Å². The Hall–Kier alpha value is -2.66. The number of aromatic amines is 1. The van der Waals surface area contributed by atoms with E-state index in [4.69, 9.17) is 5.11 Å². The van der Waals surface area contributed by atoms with Gasteiger partial charge in [0.25, 0.3) is 5.91 Å². The van der Waals surface area contributed by atoms with E-state index in [1.807, 2.05) is 48.5 Å². The molecule has 106 valence electrons. The summed E-state index contributed by atoms with van der Waals surface area (Å²) in [7, 11) is 0. The first-order valence-electron chi connectivity index (χ1n) is 6.68. The van der Waals surface area contributed by atoms with E-state index in [2.05, 4.69) is 15.5 Å². The number of hydrogen-bond donors (Lipinski definition) is 3. The average Bonchev–Trinajstić information content (AvgIpc) is 2.97. The Labute approximate surface area is 121 Å². The van der Waals surface area contributed by atoms with Crippen LogP contribution in [0.15, 0.2) is 48.5 Å². The van der Waals surface area contributed by atoms with E-state index in [9.17, 15) is 4.79 Å². The Morgan fingerprint density at radius 3 is 2.81 bits per heavy atom. The van der Waals surface area contributed by atoms with Gasteiger partial charge >= 0.3 is 0 Å². The van der Waals surface area contributed by atoms with Gasteiger partial charge in [0.15, 0.2) is 5.69 Å². The molecule has 0 aliphatic heterocycles. The van der Waals surface area contributed by atoms with Crippen LogP contribution in [0.25, 0.3) is 10.9 Å². The lowest BCUT2D eigenvalue weighted by molar-refractivity contribution is 0.0947. The van der Waals surface area contributed by atoms with Crippen molar-refractivity contribution in [3.8, 4) is 0 Å². The van der Waals surface area contributed by atoms with E-state index in [1.165, 1.54) is 0 Å². The fourth-order valence-corrected chi connectivity index (χ4v) is 2.24. The molecule has 0 fully saturated rings. The summed E-state index contributed by atoms with van der Waals surface area (Å²) in [6, 6.07) is 15.0. The quantitative estimate of drug-likeness (QED) is 0.684. The number of benzene rings is 2. The molecule has 3 rings (SSSR count). The van der Waals surface area contributed by atoms with Gasteiger partial charge in [-0.05, 0) is 17.2 Å². The number of nitrogens with zero attached hydrogens (tertiary/aromatic N) is 1. The molecule has 0 saturated heterocycles. The topological polar surface area (TPSA) is 78.0 Å². The van der Waals surface area contributed by atoms with Gasteiger partial charge in [-0.2, -0.15) is 5.10 Å². The molecule has 0 radical (unpaired) electrons. The first-order valence-corrected chi connectivity index (χ1v) is 6.68. The first kappa shape index (κ1) is 13.3. The standard InChI is InChI=1S/C16H15N3O2/c20-10-12-5-3-4-11(8-12)9-17-16(21)15-13-6-1-2-7-14(13)18-19-15/h1-8,20H,9-10H2,(H,17,21)(H,18,19). The SMILES string of the molecule is O=C(NCc1cccc(CO)c1)c1n[nH]c2ccccc12. The fraction of sp³-hybridized carbons (Fsp3) is 0.125. The maximum atomic E-state index is 12.2. The smallest absolute Gasteiger partial charge is 0.272 e. The predicted molar refractivity (Wildman–Crippen MR) is 79.6 cm³/mol. The Morgan fingerprint density at radius 2 is 1.95 bits per heavy atom. The largest absolute Gasteiger partial charge is 0.392 e. The summed E-state index contributed by atoms with van der Waals surface area (Å²) in [6.45, 7) is 0.389. The zero-order valence-corrected chi connectivity index (χ0v) is 11.3. The highest BCUT2D eigenvalue weighted by Crippen LogP contribution is 2.15. The van der Waals surface area contributed by atoms with Crippen molar-refractivity contribution in [2.75, 3.05) is 0 Å². The second-order valence-corrected chi connectivity index (χ2v) is 4.78. The van der Waals surface area contributed by atoms with Crippen LogP contribution in [0.4, 0.5) is 0 Å². The second kappa shape index (κ2) is 5.76.